The van der Waals surface area contributed by atoms with Crippen LogP contribution in [-0.4, -0.2) is 41.4 Å². The van der Waals surface area contributed by atoms with Crippen molar-refractivity contribution in [2.24, 2.45) is 0 Å². The molecule has 9 rings (SSSR count). The van der Waals surface area contributed by atoms with Crippen molar-refractivity contribution in [3.63, 3.8) is 0 Å². The van der Waals surface area contributed by atoms with Gasteiger partial charge < -0.3 is 0 Å². The van der Waals surface area contributed by atoms with Crippen LogP contribution in [0.15, 0.2) is 249 Å². The van der Waals surface area contributed by atoms with E-state index in [2.05, 4.69) is 0 Å². The van der Waals surface area contributed by atoms with Crippen molar-refractivity contribution < 1.29 is 59.7 Å². The molecule has 9 aromatic carbocycles. The number of carbonyl (C=O) groups excluding carboxylic acids is 2. The molecule has 0 saturated heterocycles. The number of carbonyl (C=O) groups is 2. The van der Waals surface area contributed by atoms with Crippen LogP contribution in [0, 0.1) is 0 Å². The number of Topliss-reactive ketones (excluding diaryl/α,β-unsaturated/α-hetero) is 2. The Morgan fingerprint density at radius 1 is 0.382 bits per heavy atom. The van der Waals surface area contributed by atoms with Gasteiger partial charge in [0.2, 0.25) is 0 Å². The van der Waals surface area contributed by atoms with Crippen LogP contribution in [0.2, 0.25) is 0 Å². The van der Waals surface area contributed by atoms with Crippen molar-refractivity contribution in [3.05, 3.63) is 271 Å². The Morgan fingerprint density at radius 3 is 0.868 bits per heavy atom. The number of aromatic hydroxyl groups is 2. The van der Waals surface area contributed by atoms with Gasteiger partial charge in [-0.05, 0) is 0 Å². The number of hydrogen-bond donors (Lipinski definition) is 2. The Hall–Kier alpha value is -7.86. The van der Waals surface area contributed by atoms with Crippen LogP contribution in [-0.2, 0) is 21.2 Å². The van der Waals surface area contributed by atoms with E-state index in [-0.39, 0.29) is 28.7 Å². The van der Waals surface area contributed by atoms with Gasteiger partial charge >= 0.3 is 437 Å². The molecule has 2 N–H and O–H groups in total. The molecule has 0 radical (unpaired) electrons. The second-order valence-electron chi connectivity index (χ2n) is 18.1. The van der Waals surface area contributed by atoms with Gasteiger partial charge in [-0.1, -0.05) is 0 Å². The molecule has 0 amide bonds. The molecule has 0 atom stereocenters. The molecule has 0 aliphatic rings. The summed E-state index contributed by atoms with van der Waals surface area (Å²) in [5.41, 5.74) is -3.14. The molecule has 16 heteroatoms. The van der Waals surface area contributed by atoms with Gasteiger partial charge in [-0.15, -0.1) is 0 Å². The predicted molar refractivity (Wildman–Crippen MR) is 290 cm³/mol. The minimum atomic E-state index is -5.36. The zero-order valence-corrected chi connectivity index (χ0v) is 42.0. The first-order valence-corrected chi connectivity index (χ1v) is 28.5. The van der Waals surface area contributed by atoms with Crippen LogP contribution in [0.1, 0.15) is 31.8 Å². The maximum atomic E-state index is 15.6. The third-order valence-electron chi connectivity index (χ3n) is 13.5. The van der Waals surface area contributed by atoms with E-state index in [1.54, 1.807) is 182 Å². The average Bonchev–Trinajstić information content (AvgIpc) is 3.55. The van der Waals surface area contributed by atoms with Crippen LogP contribution >= 0.6 is 13.7 Å². The summed E-state index contributed by atoms with van der Waals surface area (Å²) in [5.74, 6) is -2.31. The molecule has 7 nitrogen and oxygen atoms in total. The monoisotopic (exact) mass is 1070 g/mol. The standard InChI is InChI=1S/C60H47BF6O7P2/c62-59(63,64)46-39-47(60(65,66)67)41-50(40-46)72-61(73-75(51-19-7-1-8-20-51,52-21-9-2-10-22-52,53-23-11-3-12-24-53)42-57(70)44-31-35-48(68)36-32-44)74-76(54-25-13-4-14-26-54,55-27-15-5-16-28-55,56-29-17-6-18-30-56)43-58(71)45-33-37-49(69)38-34-45/h1-41,68-69H,42-43H2. The quantitative estimate of drug-likeness (QED) is 0.0382. The number of benzene rings is 9. The summed E-state index contributed by atoms with van der Waals surface area (Å²) >= 11 is 0. The number of phenols is 2. The van der Waals surface area contributed by atoms with E-state index in [4.69, 9.17) is 13.5 Å². The maximum absolute atomic E-state index is 15.6. The van der Waals surface area contributed by atoms with Crippen LogP contribution in [0.25, 0.3) is 0 Å². The third kappa shape index (κ3) is 9.93. The summed E-state index contributed by atoms with van der Waals surface area (Å²) in [4.78, 5) is 31.1. The van der Waals surface area contributed by atoms with Gasteiger partial charge in [0.15, 0.2) is 0 Å². The fourth-order valence-corrected chi connectivity index (χ4v) is 21.0. The van der Waals surface area contributed by atoms with Crippen molar-refractivity contribution in [1.82, 2.24) is 0 Å². The van der Waals surface area contributed by atoms with Gasteiger partial charge in [0.25, 0.3) is 0 Å². The van der Waals surface area contributed by atoms with Crippen LogP contribution < -0.4 is 36.5 Å². The van der Waals surface area contributed by atoms with Crippen molar-refractivity contribution in [3.8, 4) is 17.2 Å². The van der Waals surface area contributed by atoms with E-state index in [0.29, 0.717) is 44.0 Å². The molecular formula is C60H47BF6O7P2. The molecule has 0 aliphatic heterocycles. The minimum absolute atomic E-state index is 0.0218. The SMILES string of the molecule is O=C(CP(OB(Oc1cc(C(F)(F)F)cc(C(F)(F)F)c1)OP(CC(=O)c1ccc(O)cc1)(c1ccccc1)(c1ccccc1)c1ccccc1)(c1ccccc1)(c1ccccc1)c1ccccc1)c1ccc(O)cc1. The molecule has 0 spiro atoms. The Morgan fingerprint density at radius 2 is 0.632 bits per heavy atom. The zero-order chi connectivity index (χ0) is 53.7. The Kier molecular flexibility index (Phi) is 14.7. The first kappa shape index (κ1) is 53.0. The van der Waals surface area contributed by atoms with Crippen LogP contribution in [0.4, 0.5) is 26.3 Å². The zero-order valence-electron chi connectivity index (χ0n) is 40.3. The third-order valence-corrected chi connectivity index (χ3v) is 24.9. The summed E-state index contributed by atoms with van der Waals surface area (Å²) in [6.45, 7) is -10.7. The van der Waals surface area contributed by atoms with E-state index < -0.39 is 74.1 Å². The summed E-state index contributed by atoms with van der Waals surface area (Å²) in [6.07, 6.45) is -11.8. The van der Waals surface area contributed by atoms with E-state index in [0.717, 1.165) is 0 Å². The number of ketones is 2. The van der Waals surface area contributed by atoms with E-state index in [9.17, 15) is 36.6 Å². The molecule has 384 valence electrons. The normalized spacial score (nSPS) is 13.1. The topological polar surface area (TPSA) is 102 Å². The van der Waals surface area contributed by atoms with Crippen molar-refractivity contribution in [1.29, 1.82) is 0 Å². The number of alkyl halides is 6. The molecule has 9 aromatic rings. The van der Waals surface area contributed by atoms with E-state index >= 15 is 9.59 Å². The molecule has 0 saturated carbocycles. The van der Waals surface area contributed by atoms with Gasteiger partial charge in [0.05, 0.1) is 0 Å². The van der Waals surface area contributed by atoms with E-state index in [1.807, 2.05) is 0 Å². The van der Waals surface area contributed by atoms with Crippen molar-refractivity contribution in [2.75, 3.05) is 12.3 Å². The number of hydrogen-bond acceptors (Lipinski definition) is 7. The molecule has 0 unspecified atom stereocenters. The van der Waals surface area contributed by atoms with Gasteiger partial charge in [-0.25, -0.2) is 0 Å². The Bertz CT molecular complexity index is 3030. The van der Waals surface area contributed by atoms with Gasteiger partial charge in [0, 0.05) is 0 Å². The molecule has 76 heavy (non-hydrogen) atoms. The molecular weight excluding hydrogens is 1020 g/mol. The second kappa shape index (κ2) is 21.0. The van der Waals surface area contributed by atoms with Gasteiger partial charge in [0.1, 0.15) is 0 Å². The average molecular weight is 1070 g/mol. The first-order chi connectivity index (χ1) is 36.4. The number of phenolic OH excluding ortho intramolecular Hbond substituents is 2. The van der Waals surface area contributed by atoms with Gasteiger partial charge in [-0.2, -0.15) is 0 Å². The summed E-state index contributed by atoms with van der Waals surface area (Å²) < 4.78 is 112. The Labute approximate surface area is 435 Å². The molecule has 0 aliphatic carbocycles. The first-order valence-electron chi connectivity index (χ1n) is 23.8. The predicted octanol–water partition coefficient (Wildman–Crippen LogP) is 12.2. The molecule has 0 fully saturated rings. The van der Waals surface area contributed by atoms with Gasteiger partial charge in [-0.3, -0.25) is 0 Å². The molecule has 0 heterocycles. The fraction of sp³-hybridized carbons (Fsp3) is 0.0667. The summed E-state index contributed by atoms with van der Waals surface area (Å²) in [6, 6.07) is 63.6. The van der Waals surface area contributed by atoms with Crippen LogP contribution in [0.3, 0.4) is 0 Å². The number of rotatable bonds is 18. The van der Waals surface area contributed by atoms with E-state index in [1.165, 1.54) is 48.5 Å². The van der Waals surface area contributed by atoms with Crippen molar-refractivity contribution >= 4 is 64.4 Å². The Balaban J connectivity index is 1.47. The molecule has 0 bridgehead atoms. The fourth-order valence-electron chi connectivity index (χ4n) is 9.91. The molecule has 0 aromatic heterocycles. The summed E-state index contributed by atoms with van der Waals surface area (Å²) in [7, 11) is -2.44. The number of halogens is 6. The van der Waals surface area contributed by atoms with Crippen molar-refractivity contribution in [2.45, 2.75) is 12.4 Å². The second-order valence-corrected chi connectivity index (χ2v) is 27.1. The summed E-state index contributed by atoms with van der Waals surface area (Å²) in [5, 5.41) is 23.0. The van der Waals surface area contributed by atoms with Crippen LogP contribution in [0.5, 0.6) is 17.2 Å².